The number of hydrogen-bond donors (Lipinski definition) is 2. The Morgan fingerprint density at radius 1 is 1.03 bits per heavy atom. The predicted molar refractivity (Wildman–Crippen MR) is 102 cm³/mol. The summed E-state index contributed by atoms with van der Waals surface area (Å²) in [6.07, 6.45) is -0.0287. The van der Waals surface area contributed by atoms with Crippen LogP contribution in [0.2, 0.25) is 0 Å². The van der Waals surface area contributed by atoms with Crippen LogP contribution in [0.4, 0.5) is 25.2 Å². The van der Waals surface area contributed by atoms with E-state index in [0.29, 0.717) is 33.6 Å². The minimum absolute atomic E-state index is 0.00536. The van der Waals surface area contributed by atoms with Crippen LogP contribution in [-0.2, 0) is 10.9 Å². The zero-order valence-corrected chi connectivity index (χ0v) is 17.2. The zero-order valence-electron chi connectivity index (χ0n) is 15.5. The first-order valence-electron chi connectivity index (χ1n) is 8.28. The number of rotatable bonds is 9. The fourth-order valence-corrected chi connectivity index (χ4v) is 3.88. The Morgan fingerprint density at radius 3 is 1.93 bits per heavy atom. The van der Waals surface area contributed by atoms with Gasteiger partial charge < -0.3 is 14.9 Å². The molecule has 0 amide bonds. The van der Waals surface area contributed by atoms with Crippen molar-refractivity contribution in [3.63, 3.8) is 0 Å². The molecule has 2 rings (SSSR count). The Kier molecular flexibility index (Phi) is 7.44. The molecule has 29 heavy (non-hydrogen) atoms. The van der Waals surface area contributed by atoms with Gasteiger partial charge in [-0.25, -0.2) is 0 Å². The topological polar surface area (TPSA) is 83.8 Å². The molecule has 13 heteroatoms. The van der Waals surface area contributed by atoms with E-state index in [-0.39, 0.29) is 47.2 Å². The first kappa shape index (κ1) is 25.7. The van der Waals surface area contributed by atoms with Crippen molar-refractivity contribution < 1.29 is 44.9 Å². The summed E-state index contributed by atoms with van der Waals surface area (Å²) in [7, 11) is -11.0. The van der Waals surface area contributed by atoms with Crippen molar-refractivity contribution in [1.29, 1.82) is 0 Å². The summed E-state index contributed by atoms with van der Waals surface area (Å²) >= 11 is 0. The van der Waals surface area contributed by atoms with Crippen LogP contribution in [0.15, 0.2) is 16.9 Å². The summed E-state index contributed by atoms with van der Waals surface area (Å²) in [6, 6.07) is 3.32. The fourth-order valence-electron chi connectivity index (χ4n) is 2.34. The van der Waals surface area contributed by atoms with Crippen LogP contribution in [-0.4, -0.2) is 52.6 Å². The van der Waals surface area contributed by atoms with E-state index in [1.54, 1.807) is 12.1 Å². The molecule has 2 aromatic carbocycles. The van der Waals surface area contributed by atoms with Crippen molar-refractivity contribution >= 4 is 35.3 Å². The number of aliphatic hydroxyl groups excluding tert-OH is 2. The standard InChI is InChI=1S/C16H21O5S.F6P/c1-10(2)21-13-4-3-11(14-15(13)16(14)20)12(19)9-22(7-5-17)8-6-18;1-7(2,3,4,5)6/h3-4,10,17-18H,5-9H2,1-2H3;/q+1;-1. The number of Topliss-reactive ketones (excluding diaryl/α,β-unsaturated/α-hetero) is 1. The molecule has 168 valence electrons. The molecule has 0 saturated carbocycles. The summed E-state index contributed by atoms with van der Waals surface area (Å²) in [4.78, 5) is 24.3. The summed E-state index contributed by atoms with van der Waals surface area (Å²) in [5.74, 6) is 1.68. The molecule has 0 unspecified atom stereocenters. The van der Waals surface area contributed by atoms with Gasteiger partial charge in [0.25, 0.3) is 0 Å². The molecule has 0 aliphatic heterocycles. The number of ether oxygens (including phenoxy) is 1. The molecule has 0 spiro atoms. The van der Waals surface area contributed by atoms with Gasteiger partial charge in [0.15, 0.2) is 11.2 Å². The van der Waals surface area contributed by atoms with E-state index in [1.165, 1.54) is 0 Å². The summed E-state index contributed by atoms with van der Waals surface area (Å²) in [5.41, 5.74) is 0.317. The van der Waals surface area contributed by atoms with E-state index in [2.05, 4.69) is 0 Å². The second kappa shape index (κ2) is 8.41. The molecular formula is C16H21F6O5PS. The SMILES string of the molecule is CC(C)Oc1ccc(C(=O)C[S+](CCO)CCO)c2c(=O)c12.F[P-](F)(F)(F)(F)F. The molecule has 0 radical (unpaired) electrons. The van der Waals surface area contributed by atoms with Crippen LogP contribution in [0.25, 0.3) is 10.8 Å². The van der Waals surface area contributed by atoms with Gasteiger partial charge in [-0.1, -0.05) is 0 Å². The number of halogens is 6. The number of hydrogen-bond acceptors (Lipinski definition) is 5. The Bertz CT molecular complexity index is 857. The zero-order chi connectivity index (χ0) is 22.7. The van der Waals surface area contributed by atoms with Crippen LogP contribution in [0, 0.1) is 0 Å². The van der Waals surface area contributed by atoms with Crippen molar-refractivity contribution in [3.8, 4) is 5.75 Å². The van der Waals surface area contributed by atoms with Gasteiger partial charge in [0.1, 0.15) is 17.3 Å². The quantitative estimate of drug-likeness (QED) is 0.250. The van der Waals surface area contributed by atoms with Crippen molar-refractivity contribution in [2.45, 2.75) is 20.0 Å². The van der Waals surface area contributed by atoms with E-state index in [4.69, 9.17) is 14.9 Å². The Morgan fingerprint density at radius 2 is 1.52 bits per heavy atom. The Hall–Kier alpha value is -1.36. The number of carbonyl (C=O) groups excluding carboxylic acids is 1. The third kappa shape index (κ3) is 10.3. The summed E-state index contributed by atoms with van der Waals surface area (Å²) < 4.78 is 64.8. The molecule has 0 aliphatic rings. The molecule has 0 heterocycles. The Balaban J connectivity index is 0.000000516. The first-order valence-corrected chi connectivity index (χ1v) is 12.0. The van der Waals surface area contributed by atoms with Gasteiger partial charge in [0, 0.05) is 21.8 Å². The minimum atomic E-state index is -10.7. The molecule has 5 nitrogen and oxygen atoms in total. The number of benzene rings is 1. The van der Waals surface area contributed by atoms with E-state index >= 15 is 0 Å². The van der Waals surface area contributed by atoms with Crippen molar-refractivity contribution in [2.24, 2.45) is 0 Å². The van der Waals surface area contributed by atoms with E-state index in [1.807, 2.05) is 13.8 Å². The number of fused-ring (bicyclic) bond motifs is 1. The second-order valence-electron chi connectivity index (χ2n) is 6.35. The molecule has 2 N–H and O–H groups in total. The normalized spacial score (nSPS) is 14.6. The maximum absolute atomic E-state index is 12.4. The third-order valence-electron chi connectivity index (χ3n) is 3.32. The Labute approximate surface area is 164 Å². The van der Waals surface area contributed by atoms with Gasteiger partial charge in [0.2, 0.25) is 5.78 Å². The number of carbonyl (C=O) groups is 1. The molecule has 0 bridgehead atoms. The van der Waals surface area contributed by atoms with Crippen molar-refractivity contribution in [2.75, 3.05) is 30.5 Å². The van der Waals surface area contributed by atoms with Crippen molar-refractivity contribution in [3.05, 3.63) is 27.9 Å². The maximum atomic E-state index is 12.4. The average Bonchev–Trinajstić information content (AvgIpc) is 3.16. The second-order valence-corrected chi connectivity index (χ2v) is 10.6. The van der Waals surface area contributed by atoms with Crippen molar-refractivity contribution in [1.82, 2.24) is 0 Å². The molecule has 2 aromatic rings. The van der Waals surface area contributed by atoms with Gasteiger partial charge >= 0.3 is 33.0 Å². The van der Waals surface area contributed by atoms with Crippen LogP contribution < -0.4 is 10.2 Å². The van der Waals surface area contributed by atoms with Crippen LogP contribution in [0.5, 0.6) is 5.75 Å². The predicted octanol–water partition coefficient (Wildman–Crippen LogP) is 4.03. The first-order chi connectivity index (χ1) is 12.9. The van der Waals surface area contributed by atoms with Crippen LogP contribution in [0.1, 0.15) is 24.2 Å². The average molecular weight is 470 g/mol. The molecular weight excluding hydrogens is 449 g/mol. The fraction of sp³-hybridized carbons (Fsp3) is 0.500. The molecule has 0 fully saturated rings. The van der Waals surface area contributed by atoms with E-state index in [9.17, 15) is 34.8 Å². The number of aliphatic hydroxyl groups is 2. The van der Waals surface area contributed by atoms with Gasteiger partial charge in [0.05, 0.1) is 24.7 Å². The molecule has 0 aliphatic carbocycles. The monoisotopic (exact) mass is 470 g/mol. The van der Waals surface area contributed by atoms with Gasteiger partial charge in [-0.15, -0.1) is 0 Å². The molecule has 0 aromatic heterocycles. The number of ketones is 1. The van der Waals surface area contributed by atoms with Crippen LogP contribution >= 0.6 is 7.81 Å². The van der Waals surface area contributed by atoms with Gasteiger partial charge in [-0.3, -0.25) is 9.59 Å². The van der Waals surface area contributed by atoms with E-state index < -0.39 is 7.81 Å². The summed E-state index contributed by atoms with van der Waals surface area (Å²) in [5, 5.41) is 19.0. The van der Waals surface area contributed by atoms with E-state index in [0.717, 1.165) is 0 Å². The van der Waals surface area contributed by atoms with Crippen LogP contribution in [0.3, 0.4) is 0 Å². The summed E-state index contributed by atoms with van der Waals surface area (Å²) in [6.45, 7) is 3.75. The molecule has 0 saturated heterocycles. The molecule has 0 atom stereocenters. The van der Waals surface area contributed by atoms with Gasteiger partial charge in [-0.05, 0) is 26.0 Å². The third-order valence-corrected chi connectivity index (χ3v) is 5.51. The van der Waals surface area contributed by atoms with Gasteiger partial charge in [-0.2, -0.15) is 0 Å².